The molecule has 2 N–H and O–H groups in total. The number of anilines is 1. The van der Waals surface area contributed by atoms with E-state index in [0.29, 0.717) is 41.0 Å². The number of methoxy groups -OCH3 is 1. The van der Waals surface area contributed by atoms with Crippen molar-refractivity contribution in [3.8, 4) is 5.75 Å². The Morgan fingerprint density at radius 1 is 1.08 bits per heavy atom. The normalized spacial score (nSPS) is 16.1. The maximum Gasteiger partial charge on any atom is 0.274 e. The summed E-state index contributed by atoms with van der Waals surface area (Å²) in [6.07, 6.45) is 1.32. The van der Waals surface area contributed by atoms with Crippen LogP contribution in [0.5, 0.6) is 5.75 Å². The molecule has 0 saturated carbocycles. The van der Waals surface area contributed by atoms with Gasteiger partial charge >= 0.3 is 0 Å². The Bertz CT molecular complexity index is 1580. The lowest BCUT2D eigenvalue weighted by Gasteiger charge is -2.41. The standard InChI is InChI=1S/C30H30N4O4/c1-19-7-10-23(11-8-19)34-14-13-33(18-20(34)2)30(37)22-9-12-25-26(16-22)32-29(36)27(31-25)17-28(35)21-5-4-6-24(15-21)38-3/h4-12,15-17,20,35H,13-14,18H2,1-3H3,(H,32,36)/b28-17-. The summed E-state index contributed by atoms with van der Waals surface area (Å²) in [5.41, 5.74) is 3.96. The largest absolute Gasteiger partial charge is 0.507 e. The summed E-state index contributed by atoms with van der Waals surface area (Å²) in [5.74, 6) is 0.403. The Morgan fingerprint density at radius 2 is 1.87 bits per heavy atom. The average molecular weight is 511 g/mol. The lowest BCUT2D eigenvalue weighted by Crippen LogP contribution is -2.53. The van der Waals surface area contributed by atoms with Crippen LogP contribution in [0.4, 0.5) is 5.69 Å². The number of fused-ring (bicyclic) bond motifs is 1. The van der Waals surface area contributed by atoms with E-state index >= 15 is 0 Å². The summed E-state index contributed by atoms with van der Waals surface area (Å²) in [5, 5.41) is 10.5. The van der Waals surface area contributed by atoms with E-state index in [-0.39, 0.29) is 23.4 Å². The number of carbonyl (C=O) groups is 1. The Labute approximate surface area is 220 Å². The molecule has 0 radical (unpaired) electrons. The van der Waals surface area contributed by atoms with Crippen LogP contribution in [0.1, 0.15) is 34.1 Å². The Balaban J connectivity index is 1.34. The van der Waals surface area contributed by atoms with E-state index in [1.165, 1.54) is 11.6 Å². The van der Waals surface area contributed by atoms with Gasteiger partial charge in [-0.1, -0.05) is 29.8 Å². The summed E-state index contributed by atoms with van der Waals surface area (Å²) in [6.45, 7) is 6.15. The Hall–Kier alpha value is -4.59. The van der Waals surface area contributed by atoms with Crippen molar-refractivity contribution in [2.45, 2.75) is 19.9 Å². The first-order valence-corrected chi connectivity index (χ1v) is 12.5. The van der Waals surface area contributed by atoms with Crippen LogP contribution < -0.4 is 15.2 Å². The van der Waals surface area contributed by atoms with Crippen LogP contribution in [0.2, 0.25) is 0 Å². The fourth-order valence-electron chi connectivity index (χ4n) is 4.77. The first kappa shape index (κ1) is 25.1. The van der Waals surface area contributed by atoms with Gasteiger partial charge in [0.05, 0.1) is 18.1 Å². The van der Waals surface area contributed by atoms with Crippen LogP contribution in [0.3, 0.4) is 0 Å². The molecule has 1 fully saturated rings. The number of ether oxygens (including phenoxy) is 1. The van der Waals surface area contributed by atoms with E-state index < -0.39 is 5.56 Å². The van der Waals surface area contributed by atoms with Gasteiger partial charge in [0.15, 0.2) is 0 Å². The number of aliphatic hydroxyl groups is 1. The van der Waals surface area contributed by atoms with Gasteiger partial charge in [-0.3, -0.25) is 9.59 Å². The van der Waals surface area contributed by atoms with Crippen molar-refractivity contribution in [1.82, 2.24) is 14.9 Å². The highest BCUT2D eigenvalue weighted by Gasteiger charge is 2.27. The lowest BCUT2D eigenvalue weighted by molar-refractivity contribution is 0.0726. The number of aliphatic hydroxyl groups excluding tert-OH is 1. The fourth-order valence-corrected chi connectivity index (χ4v) is 4.77. The van der Waals surface area contributed by atoms with Crippen LogP contribution in [-0.4, -0.2) is 58.7 Å². The Kier molecular flexibility index (Phi) is 6.87. The number of benzene rings is 3. The van der Waals surface area contributed by atoms with Gasteiger partial charge in [-0.2, -0.15) is 0 Å². The number of nitrogens with zero attached hydrogens (tertiary/aromatic N) is 3. The topological polar surface area (TPSA) is 98.8 Å². The molecule has 5 rings (SSSR count). The molecule has 0 bridgehead atoms. The van der Waals surface area contributed by atoms with Crippen molar-refractivity contribution < 1.29 is 14.6 Å². The Morgan fingerprint density at radius 3 is 2.61 bits per heavy atom. The summed E-state index contributed by atoms with van der Waals surface area (Å²) in [4.78, 5) is 37.5. The van der Waals surface area contributed by atoms with Crippen LogP contribution in [-0.2, 0) is 0 Å². The van der Waals surface area contributed by atoms with Crippen molar-refractivity contribution >= 4 is 34.5 Å². The molecule has 194 valence electrons. The number of nitrogens with one attached hydrogen (secondary N) is 1. The molecule has 1 amide bonds. The van der Waals surface area contributed by atoms with E-state index in [0.717, 1.165) is 12.2 Å². The van der Waals surface area contributed by atoms with E-state index in [4.69, 9.17) is 4.74 Å². The van der Waals surface area contributed by atoms with Gasteiger partial charge in [0, 0.05) is 48.6 Å². The number of piperazine rings is 1. The smallest absolute Gasteiger partial charge is 0.274 e. The molecule has 4 aromatic rings. The molecular formula is C30H30N4O4. The van der Waals surface area contributed by atoms with Crippen molar-refractivity contribution in [2.75, 3.05) is 31.6 Å². The number of H-pyrrole nitrogens is 1. The molecule has 8 heteroatoms. The molecule has 0 spiro atoms. The quantitative estimate of drug-likeness (QED) is 0.380. The molecule has 3 aromatic carbocycles. The van der Waals surface area contributed by atoms with Gasteiger partial charge in [-0.05, 0) is 56.3 Å². The third-order valence-corrected chi connectivity index (χ3v) is 6.88. The second-order valence-corrected chi connectivity index (χ2v) is 9.57. The zero-order chi connectivity index (χ0) is 26.8. The fraction of sp³-hybridized carbons (Fsp3) is 0.233. The molecule has 1 aromatic heterocycles. The zero-order valence-electron chi connectivity index (χ0n) is 21.6. The number of aromatic amines is 1. The second kappa shape index (κ2) is 10.4. The van der Waals surface area contributed by atoms with Gasteiger partial charge in [-0.25, -0.2) is 4.98 Å². The predicted molar refractivity (Wildman–Crippen MR) is 150 cm³/mol. The van der Waals surface area contributed by atoms with Gasteiger partial charge in [0.25, 0.3) is 11.5 Å². The minimum Gasteiger partial charge on any atom is -0.507 e. The van der Waals surface area contributed by atoms with E-state index in [1.54, 1.807) is 49.6 Å². The minimum atomic E-state index is -0.461. The van der Waals surface area contributed by atoms with Crippen molar-refractivity contribution in [3.63, 3.8) is 0 Å². The highest BCUT2D eigenvalue weighted by Crippen LogP contribution is 2.23. The molecule has 2 heterocycles. The zero-order valence-corrected chi connectivity index (χ0v) is 21.6. The number of hydrogen-bond acceptors (Lipinski definition) is 6. The van der Waals surface area contributed by atoms with Gasteiger partial charge in [0.2, 0.25) is 0 Å². The number of rotatable bonds is 5. The van der Waals surface area contributed by atoms with Crippen LogP contribution in [0.15, 0.2) is 71.5 Å². The number of hydrogen-bond donors (Lipinski definition) is 2. The number of amides is 1. The molecule has 38 heavy (non-hydrogen) atoms. The number of aryl methyl sites for hydroxylation is 1. The molecule has 1 atom stereocenters. The minimum absolute atomic E-state index is 0.0675. The van der Waals surface area contributed by atoms with Gasteiger partial charge in [-0.15, -0.1) is 0 Å². The SMILES string of the molecule is COc1cccc(/C(O)=C/c2nc3ccc(C(=O)N4CCN(c5ccc(C)cc5)C(C)C4)cc3[nH]c2=O)c1. The third-order valence-electron chi connectivity index (χ3n) is 6.88. The van der Waals surface area contributed by atoms with Gasteiger partial charge < -0.3 is 24.6 Å². The number of aromatic nitrogens is 2. The predicted octanol–water partition coefficient (Wildman–Crippen LogP) is 4.65. The first-order chi connectivity index (χ1) is 18.3. The highest BCUT2D eigenvalue weighted by atomic mass is 16.5. The lowest BCUT2D eigenvalue weighted by atomic mass is 10.1. The van der Waals surface area contributed by atoms with E-state index in [2.05, 4.69) is 53.0 Å². The molecule has 0 aliphatic carbocycles. The maximum absolute atomic E-state index is 13.3. The van der Waals surface area contributed by atoms with Crippen molar-refractivity contribution in [2.24, 2.45) is 0 Å². The third kappa shape index (κ3) is 5.11. The molecular weight excluding hydrogens is 480 g/mol. The van der Waals surface area contributed by atoms with E-state index in [9.17, 15) is 14.7 Å². The molecule has 1 saturated heterocycles. The van der Waals surface area contributed by atoms with E-state index in [1.807, 2.05) is 4.90 Å². The first-order valence-electron chi connectivity index (χ1n) is 12.5. The average Bonchev–Trinajstić information content (AvgIpc) is 2.93. The highest BCUT2D eigenvalue weighted by molar-refractivity contribution is 5.97. The van der Waals surface area contributed by atoms with Crippen LogP contribution in [0.25, 0.3) is 22.9 Å². The monoisotopic (exact) mass is 510 g/mol. The molecule has 8 nitrogen and oxygen atoms in total. The van der Waals surface area contributed by atoms with Crippen LogP contribution in [0, 0.1) is 6.92 Å². The van der Waals surface area contributed by atoms with Crippen molar-refractivity contribution in [3.05, 3.63) is 99.5 Å². The summed E-state index contributed by atoms with van der Waals surface area (Å²) < 4.78 is 5.19. The van der Waals surface area contributed by atoms with Crippen LogP contribution >= 0.6 is 0 Å². The maximum atomic E-state index is 13.3. The second-order valence-electron chi connectivity index (χ2n) is 9.57. The summed E-state index contributed by atoms with van der Waals surface area (Å²) in [6, 6.07) is 20.6. The van der Waals surface area contributed by atoms with Gasteiger partial charge in [0.1, 0.15) is 17.2 Å². The van der Waals surface area contributed by atoms with Crippen molar-refractivity contribution in [1.29, 1.82) is 0 Å². The molecule has 1 aliphatic rings. The molecule has 1 unspecified atom stereocenters. The number of carbonyl (C=O) groups excluding carboxylic acids is 1. The molecule has 1 aliphatic heterocycles. The summed E-state index contributed by atoms with van der Waals surface area (Å²) in [7, 11) is 1.54. The summed E-state index contributed by atoms with van der Waals surface area (Å²) >= 11 is 0.